The first kappa shape index (κ1) is 11.3. The SMILES string of the molecule is Cc1cc(C(F)(F)CCN)cc(Cl)n1. The quantitative estimate of drug-likeness (QED) is 0.795. The third-order valence-electron chi connectivity index (χ3n) is 1.80. The molecule has 14 heavy (non-hydrogen) atoms. The van der Waals surface area contributed by atoms with E-state index in [9.17, 15) is 8.78 Å². The van der Waals surface area contributed by atoms with Gasteiger partial charge in [-0.05, 0) is 25.6 Å². The van der Waals surface area contributed by atoms with E-state index in [1.54, 1.807) is 6.92 Å². The average molecular weight is 221 g/mol. The van der Waals surface area contributed by atoms with Gasteiger partial charge in [-0.3, -0.25) is 0 Å². The van der Waals surface area contributed by atoms with Gasteiger partial charge < -0.3 is 5.73 Å². The molecule has 0 saturated heterocycles. The zero-order valence-corrected chi connectivity index (χ0v) is 8.48. The minimum Gasteiger partial charge on any atom is -0.330 e. The molecule has 78 valence electrons. The summed E-state index contributed by atoms with van der Waals surface area (Å²) in [5.41, 5.74) is 5.45. The minimum absolute atomic E-state index is 0.0635. The van der Waals surface area contributed by atoms with Crippen LogP contribution in [0.2, 0.25) is 5.15 Å². The highest BCUT2D eigenvalue weighted by atomic mass is 35.5. The Labute approximate surface area is 86.1 Å². The highest BCUT2D eigenvalue weighted by molar-refractivity contribution is 6.29. The molecule has 0 aromatic carbocycles. The fourth-order valence-corrected chi connectivity index (χ4v) is 1.42. The molecule has 0 fully saturated rings. The van der Waals surface area contributed by atoms with Gasteiger partial charge in [0.25, 0.3) is 5.92 Å². The van der Waals surface area contributed by atoms with Crippen molar-refractivity contribution in [1.29, 1.82) is 0 Å². The van der Waals surface area contributed by atoms with Gasteiger partial charge in [-0.2, -0.15) is 0 Å². The Morgan fingerprint density at radius 3 is 2.64 bits per heavy atom. The summed E-state index contributed by atoms with van der Waals surface area (Å²) in [5, 5.41) is 0.0803. The van der Waals surface area contributed by atoms with Crippen LogP contribution in [-0.2, 0) is 5.92 Å². The van der Waals surface area contributed by atoms with Gasteiger partial charge in [-0.25, -0.2) is 13.8 Å². The van der Waals surface area contributed by atoms with Crippen LogP contribution in [0.25, 0.3) is 0 Å². The predicted octanol–water partition coefficient (Wildman–Crippen LogP) is 2.48. The molecule has 0 aliphatic rings. The van der Waals surface area contributed by atoms with Gasteiger partial charge >= 0.3 is 0 Å². The van der Waals surface area contributed by atoms with E-state index in [1.807, 2.05) is 0 Å². The smallest absolute Gasteiger partial charge is 0.274 e. The van der Waals surface area contributed by atoms with Crippen LogP contribution in [0, 0.1) is 6.92 Å². The number of rotatable bonds is 3. The minimum atomic E-state index is -2.92. The number of hydrogen-bond acceptors (Lipinski definition) is 2. The van der Waals surface area contributed by atoms with Crippen LogP contribution in [0.1, 0.15) is 17.7 Å². The fourth-order valence-electron chi connectivity index (χ4n) is 1.16. The second-order valence-electron chi connectivity index (χ2n) is 3.06. The lowest BCUT2D eigenvalue weighted by Gasteiger charge is -2.16. The van der Waals surface area contributed by atoms with E-state index in [-0.39, 0.29) is 23.7 Å². The molecular formula is C9H11ClF2N2. The summed E-state index contributed by atoms with van der Waals surface area (Å²) < 4.78 is 26.7. The first-order valence-electron chi connectivity index (χ1n) is 4.18. The van der Waals surface area contributed by atoms with Crippen LogP contribution in [0.3, 0.4) is 0 Å². The van der Waals surface area contributed by atoms with Gasteiger partial charge in [0.05, 0.1) is 0 Å². The van der Waals surface area contributed by atoms with Crippen LogP contribution < -0.4 is 5.73 Å². The average Bonchev–Trinajstić information content (AvgIpc) is 2.02. The Morgan fingerprint density at radius 2 is 2.14 bits per heavy atom. The molecule has 0 spiro atoms. The van der Waals surface area contributed by atoms with Gasteiger partial charge in [-0.15, -0.1) is 0 Å². The summed E-state index contributed by atoms with van der Waals surface area (Å²) >= 11 is 5.58. The largest absolute Gasteiger partial charge is 0.330 e. The van der Waals surface area contributed by atoms with E-state index in [2.05, 4.69) is 4.98 Å². The lowest BCUT2D eigenvalue weighted by Crippen LogP contribution is -2.19. The van der Waals surface area contributed by atoms with Crippen molar-refractivity contribution in [2.45, 2.75) is 19.3 Å². The topological polar surface area (TPSA) is 38.9 Å². The van der Waals surface area contributed by atoms with E-state index in [0.29, 0.717) is 5.69 Å². The Kier molecular flexibility index (Phi) is 3.39. The molecule has 1 aromatic rings. The molecule has 0 bridgehead atoms. The van der Waals surface area contributed by atoms with E-state index in [4.69, 9.17) is 17.3 Å². The number of halogens is 3. The molecule has 0 radical (unpaired) electrons. The first-order chi connectivity index (χ1) is 6.45. The van der Waals surface area contributed by atoms with Gasteiger partial charge in [0, 0.05) is 17.7 Å². The molecule has 0 aliphatic heterocycles. The number of pyridine rings is 1. The summed E-state index contributed by atoms with van der Waals surface area (Å²) in [6, 6.07) is 2.49. The molecule has 2 N–H and O–H groups in total. The lowest BCUT2D eigenvalue weighted by molar-refractivity contribution is -0.0108. The molecule has 5 heteroatoms. The van der Waals surface area contributed by atoms with Gasteiger partial charge in [-0.1, -0.05) is 11.6 Å². The maximum absolute atomic E-state index is 13.3. The number of alkyl halides is 2. The third-order valence-corrected chi connectivity index (χ3v) is 2.00. The van der Waals surface area contributed by atoms with Crippen LogP contribution >= 0.6 is 11.6 Å². The molecule has 1 aromatic heterocycles. The molecule has 0 aliphatic carbocycles. The second kappa shape index (κ2) is 4.19. The summed E-state index contributed by atoms with van der Waals surface area (Å²) in [6.45, 7) is 1.56. The number of aryl methyl sites for hydroxylation is 1. The predicted molar refractivity (Wildman–Crippen MR) is 51.5 cm³/mol. The van der Waals surface area contributed by atoms with Crippen molar-refractivity contribution in [2.75, 3.05) is 6.54 Å². The Balaban J connectivity index is 3.05. The standard InChI is InChI=1S/C9H11ClF2N2/c1-6-4-7(5-8(10)14-6)9(11,12)2-3-13/h4-5H,2-3,13H2,1H3. The number of nitrogens with zero attached hydrogens (tertiary/aromatic N) is 1. The zero-order chi connectivity index (χ0) is 10.8. The van der Waals surface area contributed by atoms with E-state index < -0.39 is 5.92 Å². The van der Waals surface area contributed by atoms with E-state index >= 15 is 0 Å². The highest BCUT2D eigenvalue weighted by Crippen LogP contribution is 2.32. The summed E-state index contributed by atoms with van der Waals surface area (Å²) in [7, 11) is 0. The summed E-state index contributed by atoms with van der Waals surface area (Å²) in [6.07, 6.45) is -0.382. The van der Waals surface area contributed by atoms with Crippen molar-refractivity contribution in [2.24, 2.45) is 5.73 Å². The maximum atomic E-state index is 13.3. The van der Waals surface area contributed by atoms with Crippen LogP contribution in [0.15, 0.2) is 12.1 Å². The van der Waals surface area contributed by atoms with Crippen LogP contribution in [0.4, 0.5) is 8.78 Å². The highest BCUT2D eigenvalue weighted by Gasteiger charge is 2.30. The van der Waals surface area contributed by atoms with Gasteiger partial charge in [0.2, 0.25) is 0 Å². The Hall–Kier alpha value is -0.740. The number of nitrogens with two attached hydrogens (primary N) is 1. The van der Waals surface area contributed by atoms with Crippen molar-refractivity contribution in [1.82, 2.24) is 4.98 Å². The Morgan fingerprint density at radius 1 is 1.50 bits per heavy atom. The molecule has 2 nitrogen and oxygen atoms in total. The first-order valence-corrected chi connectivity index (χ1v) is 4.56. The zero-order valence-electron chi connectivity index (χ0n) is 7.73. The maximum Gasteiger partial charge on any atom is 0.274 e. The van der Waals surface area contributed by atoms with Gasteiger partial charge in [0.15, 0.2) is 0 Å². The van der Waals surface area contributed by atoms with Crippen molar-refractivity contribution < 1.29 is 8.78 Å². The van der Waals surface area contributed by atoms with Crippen molar-refractivity contribution in [3.8, 4) is 0 Å². The monoisotopic (exact) mass is 220 g/mol. The van der Waals surface area contributed by atoms with E-state index in [0.717, 1.165) is 0 Å². The van der Waals surface area contributed by atoms with Crippen LogP contribution in [-0.4, -0.2) is 11.5 Å². The molecular weight excluding hydrogens is 210 g/mol. The summed E-state index contributed by atoms with van der Waals surface area (Å²) in [5.74, 6) is -2.92. The molecule has 0 atom stereocenters. The van der Waals surface area contributed by atoms with Crippen molar-refractivity contribution in [3.63, 3.8) is 0 Å². The molecule has 0 saturated carbocycles. The van der Waals surface area contributed by atoms with Crippen molar-refractivity contribution >= 4 is 11.6 Å². The summed E-state index contributed by atoms with van der Waals surface area (Å²) in [4.78, 5) is 3.81. The fraction of sp³-hybridized carbons (Fsp3) is 0.444. The lowest BCUT2D eigenvalue weighted by atomic mass is 10.1. The second-order valence-corrected chi connectivity index (χ2v) is 3.45. The van der Waals surface area contributed by atoms with Gasteiger partial charge in [0.1, 0.15) is 5.15 Å². The normalized spacial score (nSPS) is 11.8. The van der Waals surface area contributed by atoms with Crippen molar-refractivity contribution in [3.05, 3.63) is 28.5 Å². The number of hydrogen-bond donors (Lipinski definition) is 1. The van der Waals surface area contributed by atoms with E-state index in [1.165, 1.54) is 12.1 Å². The Bertz CT molecular complexity index is 308. The molecule has 1 heterocycles. The third kappa shape index (κ3) is 2.62. The van der Waals surface area contributed by atoms with Crippen LogP contribution in [0.5, 0.6) is 0 Å². The molecule has 0 amide bonds. The molecule has 0 unspecified atom stereocenters. The number of aromatic nitrogens is 1. The molecule has 1 rings (SSSR count).